The summed E-state index contributed by atoms with van der Waals surface area (Å²) in [7, 11) is 1.50. The number of hydrogen-bond donors (Lipinski definition) is 3. The van der Waals surface area contributed by atoms with Crippen LogP contribution in [0.5, 0.6) is 17.2 Å². The van der Waals surface area contributed by atoms with Gasteiger partial charge in [-0.3, -0.25) is 9.59 Å². The van der Waals surface area contributed by atoms with Gasteiger partial charge in [-0.2, -0.15) is 5.26 Å². The highest BCUT2D eigenvalue weighted by Gasteiger charge is 2.14. The number of nitriles is 1. The Kier molecular flexibility index (Phi) is 8.11. The molecule has 0 saturated carbocycles. The van der Waals surface area contributed by atoms with E-state index in [-0.39, 0.29) is 23.7 Å². The van der Waals surface area contributed by atoms with Crippen LogP contribution in [0.15, 0.2) is 72.3 Å². The zero-order chi connectivity index (χ0) is 24.5. The van der Waals surface area contributed by atoms with E-state index in [4.69, 9.17) is 21.1 Å². The summed E-state index contributed by atoms with van der Waals surface area (Å²) in [5.74, 6) is -0.286. The average molecular weight is 478 g/mol. The van der Waals surface area contributed by atoms with Crippen molar-refractivity contribution in [3.05, 3.63) is 82.9 Å². The Hall–Kier alpha value is -4.48. The summed E-state index contributed by atoms with van der Waals surface area (Å²) in [6.07, 6.45) is 1.31. The summed E-state index contributed by atoms with van der Waals surface area (Å²) in [4.78, 5) is 24.9. The second-order valence-electron chi connectivity index (χ2n) is 6.89. The zero-order valence-corrected chi connectivity index (χ0v) is 18.8. The highest BCUT2D eigenvalue weighted by Crippen LogP contribution is 2.27. The summed E-state index contributed by atoms with van der Waals surface area (Å²) < 4.78 is 10.8. The predicted octanol–water partition coefficient (Wildman–Crippen LogP) is 4.62. The maximum absolute atomic E-state index is 12.5. The number of phenols is 1. The quantitative estimate of drug-likeness (QED) is 0.247. The summed E-state index contributed by atoms with van der Waals surface area (Å²) in [6, 6.07) is 19.2. The first-order valence-electron chi connectivity index (χ1n) is 9.97. The molecule has 3 rings (SSSR count). The minimum atomic E-state index is -0.659. The number of amides is 2. The molecule has 0 aliphatic rings. The Labute approximate surface area is 201 Å². The second-order valence-corrected chi connectivity index (χ2v) is 7.33. The second kappa shape index (κ2) is 11.4. The van der Waals surface area contributed by atoms with Gasteiger partial charge >= 0.3 is 0 Å². The van der Waals surface area contributed by atoms with Crippen LogP contribution in [0.4, 0.5) is 11.4 Å². The van der Waals surface area contributed by atoms with E-state index in [9.17, 15) is 20.0 Å². The number of carbonyl (C=O) groups is 2. The SMILES string of the molecule is COc1ccccc1NC(=O)COc1ccc(Cl)cc1/C=C(\C#N)C(=O)Nc1ccc(O)cc1. The fourth-order valence-electron chi connectivity index (χ4n) is 2.89. The van der Waals surface area contributed by atoms with Crippen molar-refractivity contribution in [3.63, 3.8) is 0 Å². The number of halogens is 1. The molecule has 0 spiro atoms. The van der Waals surface area contributed by atoms with Crippen LogP contribution in [-0.2, 0) is 9.59 Å². The maximum Gasteiger partial charge on any atom is 0.266 e. The number of nitrogens with one attached hydrogen (secondary N) is 2. The van der Waals surface area contributed by atoms with E-state index in [1.165, 1.54) is 49.6 Å². The third kappa shape index (κ3) is 6.51. The number of benzene rings is 3. The normalized spacial score (nSPS) is 10.7. The number of carbonyl (C=O) groups excluding carboxylic acids is 2. The van der Waals surface area contributed by atoms with Crippen LogP contribution >= 0.6 is 11.6 Å². The third-order valence-corrected chi connectivity index (χ3v) is 4.74. The smallest absolute Gasteiger partial charge is 0.266 e. The van der Waals surface area contributed by atoms with Gasteiger partial charge in [0.1, 0.15) is 28.9 Å². The fourth-order valence-corrected chi connectivity index (χ4v) is 3.07. The molecule has 172 valence electrons. The zero-order valence-electron chi connectivity index (χ0n) is 18.0. The largest absolute Gasteiger partial charge is 0.508 e. The van der Waals surface area contributed by atoms with Gasteiger partial charge in [-0.15, -0.1) is 0 Å². The molecule has 3 aromatic rings. The van der Waals surface area contributed by atoms with Gasteiger partial charge in [0.25, 0.3) is 11.8 Å². The molecule has 0 heterocycles. The predicted molar refractivity (Wildman–Crippen MR) is 129 cm³/mol. The molecule has 2 amide bonds. The van der Waals surface area contributed by atoms with Crippen molar-refractivity contribution in [1.82, 2.24) is 0 Å². The van der Waals surface area contributed by atoms with Gasteiger partial charge in [0, 0.05) is 16.3 Å². The van der Waals surface area contributed by atoms with Crippen molar-refractivity contribution in [3.8, 4) is 23.3 Å². The molecule has 0 fully saturated rings. The lowest BCUT2D eigenvalue weighted by molar-refractivity contribution is -0.118. The minimum absolute atomic E-state index is 0.0458. The van der Waals surface area contributed by atoms with E-state index < -0.39 is 11.8 Å². The molecule has 34 heavy (non-hydrogen) atoms. The van der Waals surface area contributed by atoms with Gasteiger partial charge in [0.2, 0.25) is 0 Å². The van der Waals surface area contributed by atoms with Crippen molar-refractivity contribution in [1.29, 1.82) is 5.26 Å². The van der Waals surface area contributed by atoms with Crippen molar-refractivity contribution in [2.24, 2.45) is 0 Å². The van der Waals surface area contributed by atoms with Crippen LogP contribution in [-0.4, -0.2) is 30.6 Å². The Morgan fingerprint density at radius 2 is 1.79 bits per heavy atom. The van der Waals surface area contributed by atoms with E-state index in [0.717, 1.165) is 0 Å². The van der Waals surface area contributed by atoms with Gasteiger partial charge in [0.15, 0.2) is 6.61 Å². The summed E-state index contributed by atoms with van der Waals surface area (Å²) in [5.41, 5.74) is 1.03. The highest BCUT2D eigenvalue weighted by molar-refractivity contribution is 6.30. The number of hydrogen-bond acceptors (Lipinski definition) is 6. The summed E-state index contributed by atoms with van der Waals surface area (Å²) in [5, 5.41) is 24.5. The monoisotopic (exact) mass is 477 g/mol. The van der Waals surface area contributed by atoms with Crippen molar-refractivity contribution in [2.45, 2.75) is 0 Å². The summed E-state index contributed by atoms with van der Waals surface area (Å²) in [6.45, 7) is -0.331. The average Bonchev–Trinajstić information content (AvgIpc) is 2.83. The van der Waals surface area contributed by atoms with Crippen LogP contribution in [0.25, 0.3) is 6.08 Å². The number of phenolic OH excluding ortho intramolecular Hbond substituents is 1. The Bertz CT molecular complexity index is 1270. The van der Waals surface area contributed by atoms with Crippen LogP contribution in [0.3, 0.4) is 0 Å². The Morgan fingerprint density at radius 1 is 1.06 bits per heavy atom. The lowest BCUT2D eigenvalue weighted by Gasteiger charge is -2.12. The molecule has 0 radical (unpaired) electrons. The van der Waals surface area contributed by atoms with Crippen LogP contribution in [0.1, 0.15) is 5.56 Å². The van der Waals surface area contributed by atoms with Crippen molar-refractivity contribution >= 4 is 40.9 Å². The minimum Gasteiger partial charge on any atom is -0.508 e. The summed E-state index contributed by atoms with van der Waals surface area (Å²) >= 11 is 6.09. The molecule has 8 nitrogen and oxygen atoms in total. The number of nitrogens with zero attached hydrogens (tertiary/aromatic N) is 1. The van der Waals surface area contributed by atoms with E-state index >= 15 is 0 Å². The number of para-hydroxylation sites is 2. The lowest BCUT2D eigenvalue weighted by atomic mass is 10.1. The van der Waals surface area contributed by atoms with Gasteiger partial charge in [0.05, 0.1) is 12.8 Å². The number of aromatic hydroxyl groups is 1. The van der Waals surface area contributed by atoms with E-state index in [1.54, 1.807) is 30.3 Å². The van der Waals surface area contributed by atoms with Crippen LogP contribution in [0.2, 0.25) is 5.02 Å². The van der Waals surface area contributed by atoms with Gasteiger partial charge in [-0.1, -0.05) is 23.7 Å². The third-order valence-electron chi connectivity index (χ3n) is 4.50. The number of ether oxygens (including phenoxy) is 2. The molecule has 0 aliphatic heterocycles. The molecule has 0 aromatic heterocycles. The number of methoxy groups -OCH3 is 1. The topological polar surface area (TPSA) is 121 Å². The highest BCUT2D eigenvalue weighted by atomic mass is 35.5. The number of rotatable bonds is 8. The van der Waals surface area contributed by atoms with Gasteiger partial charge in [-0.05, 0) is 60.7 Å². The van der Waals surface area contributed by atoms with Crippen molar-refractivity contribution < 1.29 is 24.2 Å². The molecule has 0 unspecified atom stereocenters. The molecular formula is C25H20ClN3O5. The Morgan fingerprint density at radius 3 is 2.50 bits per heavy atom. The Balaban J connectivity index is 1.74. The molecule has 3 aromatic carbocycles. The first-order chi connectivity index (χ1) is 16.4. The molecule has 0 bridgehead atoms. The molecule has 3 N–H and O–H groups in total. The first-order valence-corrected chi connectivity index (χ1v) is 10.3. The van der Waals surface area contributed by atoms with Crippen molar-refractivity contribution in [2.75, 3.05) is 24.4 Å². The van der Waals surface area contributed by atoms with Crippen LogP contribution < -0.4 is 20.1 Å². The molecule has 0 saturated heterocycles. The fraction of sp³-hybridized carbons (Fsp3) is 0.0800. The molecule has 0 atom stereocenters. The van der Waals surface area contributed by atoms with E-state index in [1.807, 2.05) is 6.07 Å². The van der Waals surface area contributed by atoms with Gasteiger partial charge in [-0.25, -0.2) is 0 Å². The molecular weight excluding hydrogens is 458 g/mol. The maximum atomic E-state index is 12.5. The lowest BCUT2D eigenvalue weighted by Crippen LogP contribution is -2.20. The number of anilines is 2. The van der Waals surface area contributed by atoms with E-state index in [2.05, 4.69) is 10.6 Å². The van der Waals surface area contributed by atoms with Crippen LogP contribution in [0, 0.1) is 11.3 Å². The first kappa shape index (κ1) is 24.2. The standard InChI is InChI=1S/C25H20ClN3O5/c1-33-23-5-3-2-4-21(23)29-24(31)15-34-22-11-6-18(26)13-16(22)12-17(14-27)25(32)28-19-7-9-20(30)10-8-19/h2-13,30H,15H2,1H3,(H,28,32)(H,29,31)/b17-12+. The van der Waals surface area contributed by atoms with E-state index in [0.29, 0.717) is 27.7 Å². The molecule has 0 aliphatic carbocycles. The molecule has 9 heteroatoms. The van der Waals surface area contributed by atoms with Gasteiger partial charge < -0.3 is 25.2 Å².